The number of esters is 3. The molecule has 0 aromatic heterocycles. The summed E-state index contributed by atoms with van der Waals surface area (Å²) in [6.07, 6.45) is 76.7. The first kappa shape index (κ1) is 71.9. The lowest BCUT2D eigenvalue weighted by Gasteiger charge is -2.18. The Morgan fingerprint density at radius 1 is 0.257 bits per heavy atom. The molecule has 0 aliphatic heterocycles. The van der Waals surface area contributed by atoms with Crippen LogP contribution in [-0.2, 0) is 28.6 Å². The summed E-state index contributed by atoms with van der Waals surface area (Å²) in [5.41, 5.74) is 0. The van der Waals surface area contributed by atoms with E-state index in [0.717, 1.165) is 77.0 Å². The number of carbonyl (C=O) groups excluding carboxylic acids is 3. The van der Waals surface area contributed by atoms with Crippen molar-refractivity contribution in [3.63, 3.8) is 0 Å². The third kappa shape index (κ3) is 60.8. The fourth-order valence-corrected chi connectivity index (χ4v) is 10.2. The molecule has 0 rings (SSSR count). The molecule has 0 aromatic rings. The molecule has 0 amide bonds. The number of hydrogen-bond acceptors (Lipinski definition) is 6. The lowest BCUT2D eigenvalue weighted by atomic mass is 10.0. The topological polar surface area (TPSA) is 78.9 Å². The summed E-state index contributed by atoms with van der Waals surface area (Å²) in [6, 6.07) is 0. The SMILES string of the molecule is CCC/C=C\CCCCCCCC(=O)OCC(COC(=O)CCCCCCCCCCCCCCCCCCCCCCCCCCCCCCCCCCCC)OC(=O)CCCCCCC/C=C\CCCCC. The van der Waals surface area contributed by atoms with Gasteiger partial charge in [-0.3, -0.25) is 14.4 Å². The molecule has 6 heteroatoms. The Kier molecular flexibility index (Phi) is 61.6. The molecular formula is C68H128O6. The van der Waals surface area contributed by atoms with Gasteiger partial charge in [-0.2, -0.15) is 0 Å². The van der Waals surface area contributed by atoms with Crippen molar-refractivity contribution in [1.29, 1.82) is 0 Å². The van der Waals surface area contributed by atoms with E-state index in [1.54, 1.807) is 0 Å². The zero-order valence-corrected chi connectivity index (χ0v) is 50.1. The molecule has 0 aliphatic rings. The Bertz CT molecular complexity index is 1190. The molecule has 0 radical (unpaired) electrons. The van der Waals surface area contributed by atoms with Gasteiger partial charge in [-0.1, -0.05) is 315 Å². The highest BCUT2D eigenvalue weighted by atomic mass is 16.6. The van der Waals surface area contributed by atoms with Crippen molar-refractivity contribution in [2.24, 2.45) is 0 Å². The lowest BCUT2D eigenvalue weighted by molar-refractivity contribution is -0.167. The van der Waals surface area contributed by atoms with E-state index < -0.39 is 6.10 Å². The van der Waals surface area contributed by atoms with E-state index in [4.69, 9.17) is 14.2 Å². The molecule has 0 saturated heterocycles. The Morgan fingerprint density at radius 3 is 0.757 bits per heavy atom. The summed E-state index contributed by atoms with van der Waals surface area (Å²) in [6.45, 7) is 6.59. The van der Waals surface area contributed by atoms with Crippen molar-refractivity contribution in [1.82, 2.24) is 0 Å². The smallest absolute Gasteiger partial charge is 0.306 e. The minimum atomic E-state index is -0.775. The second-order valence-corrected chi connectivity index (χ2v) is 22.7. The highest BCUT2D eigenvalue weighted by molar-refractivity contribution is 5.71. The molecule has 6 nitrogen and oxygen atoms in total. The van der Waals surface area contributed by atoms with Gasteiger partial charge in [-0.05, 0) is 64.2 Å². The number of unbranched alkanes of at least 4 members (excludes halogenated alkanes) is 47. The van der Waals surface area contributed by atoms with Crippen LogP contribution in [0.5, 0.6) is 0 Å². The van der Waals surface area contributed by atoms with Crippen molar-refractivity contribution in [2.75, 3.05) is 13.2 Å². The van der Waals surface area contributed by atoms with E-state index in [9.17, 15) is 14.4 Å². The van der Waals surface area contributed by atoms with Crippen LogP contribution >= 0.6 is 0 Å². The van der Waals surface area contributed by atoms with Crippen LogP contribution in [-0.4, -0.2) is 37.2 Å². The molecule has 0 heterocycles. The zero-order valence-electron chi connectivity index (χ0n) is 50.1. The van der Waals surface area contributed by atoms with E-state index in [2.05, 4.69) is 45.1 Å². The Hall–Kier alpha value is -2.11. The number of hydrogen-bond donors (Lipinski definition) is 0. The predicted molar refractivity (Wildman–Crippen MR) is 321 cm³/mol. The Balaban J connectivity index is 3.93. The van der Waals surface area contributed by atoms with Gasteiger partial charge in [-0.25, -0.2) is 0 Å². The van der Waals surface area contributed by atoms with E-state index >= 15 is 0 Å². The number of carbonyl (C=O) groups is 3. The first-order valence-corrected chi connectivity index (χ1v) is 33.3. The molecule has 1 atom stereocenters. The Labute approximate surface area is 462 Å². The summed E-state index contributed by atoms with van der Waals surface area (Å²) in [7, 11) is 0. The monoisotopic (exact) mass is 1040 g/mol. The normalized spacial score (nSPS) is 12.1. The number of rotatable bonds is 62. The highest BCUT2D eigenvalue weighted by Crippen LogP contribution is 2.19. The molecule has 0 spiro atoms. The molecule has 0 aliphatic carbocycles. The first-order valence-electron chi connectivity index (χ1n) is 33.3. The van der Waals surface area contributed by atoms with Crippen LogP contribution in [0.25, 0.3) is 0 Å². The molecule has 436 valence electrons. The summed E-state index contributed by atoms with van der Waals surface area (Å²) in [4.78, 5) is 38.1. The average molecular weight is 1040 g/mol. The number of allylic oxidation sites excluding steroid dienone is 4. The fourth-order valence-electron chi connectivity index (χ4n) is 10.2. The van der Waals surface area contributed by atoms with Crippen molar-refractivity contribution in [3.8, 4) is 0 Å². The third-order valence-electron chi connectivity index (χ3n) is 15.2. The zero-order chi connectivity index (χ0) is 53.6. The maximum absolute atomic E-state index is 12.8. The summed E-state index contributed by atoms with van der Waals surface area (Å²) in [5, 5.41) is 0. The van der Waals surface area contributed by atoms with Gasteiger partial charge in [0.1, 0.15) is 13.2 Å². The van der Waals surface area contributed by atoms with Crippen molar-refractivity contribution >= 4 is 17.9 Å². The van der Waals surface area contributed by atoms with Gasteiger partial charge in [0.25, 0.3) is 0 Å². The molecule has 74 heavy (non-hydrogen) atoms. The minimum Gasteiger partial charge on any atom is -0.462 e. The van der Waals surface area contributed by atoms with Gasteiger partial charge in [0.15, 0.2) is 6.10 Å². The van der Waals surface area contributed by atoms with Gasteiger partial charge in [-0.15, -0.1) is 0 Å². The summed E-state index contributed by atoms with van der Waals surface area (Å²) < 4.78 is 16.8. The van der Waals surface area contributed by atoms with Crippen LogP contribution in [0.15, 0.2) is 24.3 Å². The molecule has 1 unspecified atom stereocenters. The van der Waals surface area contributed by atoms with Crippen LogP contribution in [0.3, 0.4) is 0 Å². The Morgan fingerprint density at radius 2 is 0.473 bits per heavy atom. The predicted octanol–water partition coefficient (Wildman–Crippen LogP) is 22.6. The van der Waals surface area contributed by atoms with Gasteiger partial charge in [0, 0.05) is 19.3 Å². The lowest BCUT2D eigenvalue weighted by Crippen LogP contribution is -2.30. The van der Waals surface area contributed by atoms with E-state index in [0.29, 0.717) is 19.3 Å². The summed E-state index contributed by atoms with van der Waals surface area (Å²) in [5.74, 6) is -0.875. The van der Waals surface area contributed by atoms with Crippen LogP contribution < -0.4 is 0 Å². The average Bonchev–Trinajstić information content (AvgIpc) is 3.40. The van der Waals surface area contributed by atoms with E-state index in [-0.39, 0.29) is 31.1 Å². The number of ether oxygens (including phenoxy) is 3. The van der Waals surface area contributed by atoms with Crippen LogP contribution in [0.2, 0.25) is 0 Å². The largest absolute Gasteiger partial charge is 0.462 e. The van der Waals surface area contributed by atoms with Crippen LogP contribution in [0.4, 0.5) is 0 Å². The molecule has 0 bridgehead atoms. The third-order valence-corrected chi connectivity index (χ3v) is 15.2. The molecule has 0 aromatic carbocycles. The molecule has 0 N–H and O–H groups in total. The quantitative estimate of drug-likeness (QED) is 0.0261. The standard InChI is InChI=1S/C68H128O6/c1-4-7-10-13-16-19-22-24-25-26-27-28-29-30-31-32-33-34-35-36-37-38-39-40-41-42-43-44-45-47-49-52-55-58-61-67(70)73-64-65(63-72-66(69)60-57-54-51-48-21-18-15-12-9-6-3)74-68(71)62-59-56-53-50-46-23-20-17-14-11-8-5-2/h12,15,17,20,65H,4-11,13-14,16,18-19,21-64H2,1-3H3/b15-12-,20-17-. The van der Waals surface area contributed by atoms with Crippen molar-refractivity contribution in [3.05, 3.63) is 24.3 Å². The van der Waals surface area contributed by atoms with Crippen molar-refractivity contribution < 1.29 is 28.6 Å². The molecule has 0 saturated carbocycles. The maximum Gasteiger partial charge on any atom is 0.306 e. The second-order valence-electron chi connectivity index (χ2n) is 22.7. The van der Waals surface area contributed by atoms with E-state index in [1.165, 1.54) is 257 Å². The second kappa shape index (κ2) is 63.4. The minimum absolute atomic E-state index is 0.0732. The van der Waals surface area contributed by atoms with Gasteiger partial charge in [0.05, 0.1) is 0 Å². The first-order chi connectivity index (χ1) is 36.5. The maximum atomic E-state index is 12.8. The van der Waals surface area contributed by atoms with Crippen molar-refractivity contribution in [2.45, 2.75) is 380 Å². The van der Waals surface area contributed by atoms with Gasteiger partial charge < -0.3 is 14.2 Å². The van der Waals surface area contributed by atoms with E-state index in [1.807, 2.05) is 0 Å². The van der Waals surface area contributed by atoms with Crippen LogP contribution in [0.1, 0.15) is 374 Å². The van der Waals surface area contributed by atoms with Crippen LogP contribution in [0, 0.1) is 0 Å². The van der Waals surface area contributed by atoms with Gasteiger partial charge in [0.2, 0.25) is 0 Å². The molecule has 0 fully saturated rings. The fraction of sp³-hybridized carbons (Fsp3) is 0.897. The van der Waals surface area contributed by atoms with Gasteiger partial charge >= 0.3 is 17.9 Å². The highest BCUT2D eigenvalue weighted by Gasteiger charge is 2.19. The molecular weight excluding hydrogens is 913 g/mol. The summed E-state index contributed by atoms with van der Waals surface area (Å²) >= 11 is 0.